The van der Waals surface area contributed by atoms with Crippen molar-refractivity contribution in [2.24, 2.45) is 0 Å². The highest BCUT2D eigenvalue weighted by Crippen LogP contribution is 2.40. The van der Waals surface area contributed by atoms with Gasteiger partial charge in [-0.15, -0.1) is 6.42 Å². The fourth-order valence-corrected chi connectivity index (χ4v) is 5.02. The van der Waals surface area contributed by atoms with Crippen molar-refractivity contribution in [3.05, 3.63) is 130 Å². The Labute approximate surface area is 233 Å². The minimum Gasteiger partial charge on any atom is -0.394 e. The van der Waals surface area contributed by atoms with Crippen molar-refractivity contribution in [1.29, 1.82) is 0 Å². The number of carbonyl (C=O) groups excluding carboxylic acids is 2. The number of nitrogens with zero attached hydrogens (tertiary/aromatic N) is 1. The van der Waals surface area contributed by atoms with Crippen molar-refractivity contribution >= 4 is 23.4 Å². The van der Waals surface area contributed by atoms with Crippen molar-refractivity contribution in [1.82, 2.24) is 10.4 Å². The van der Waals surface area contributed by atoms with Gasteiger partial charge in [0.1, 0.15) is 0 Å². The van der Waals surface area contributed by atoms with Crippen LogP contribution in [0.3, 0.4) is 0 Å². The molecule has 0 aliphatic carbocycles. The molecular weight excluding hydrogens is 512 g/mol. The summed E-state index contributed by atoms with van der Waals surface area (Å²) >= 11 is 6.17. The molecule has 0 saturated carbocycles. The average Bonchev–Trinajstić information content (AvgIpc) is 2.96. The zero-order valence-electron chi connectivity index (χ0n) is 21.2. The van der Waals surface area contributed by atoms with E-state index in [4.69, 9.17) is 22.9 Å². The number of carbonyl (C=O) groups is 2. The van der Waals surface area contributed by atoms with E-state index in [9.17, 15) is 14.7 Å². The van der Waals surface area contributed by atoms with Gasteiger partial charge in [-0.1, -0.05) is 102 Å². The van der Waals surface area contributed by atoms with Crippen LogP contribution in [0.1, 0.15) is 45.4 Å². The van der Waals surface area contributed by atoms with E-state index in [1.165, 1.54) is 6.08 Å². The lowest BCUT2D eigenvalue weighted by atomic mass is 9.79. The Kier molecular flexibility index (Phi) is 9.71. The number of halogens is 1. The number of aliphatic hydroxyl groups excluding tert-OH is 1. The largest absolute Gasteiger partial charge is 0.394 e. The van der Waals surface area contributed by atoms with E-state index in [-0.39, 0.29) is 25.5 Å². The van der Waals surface area contributed by atoms with Gasteiger partial charge in [-0.05, 0) is 35.3 Å². The van der Waals surface area contributed by atoms with Crippen LogP contribution in [0, 0.1) is 12.3 Å². The monoisotopic (exact) mass is 540 g/mol. The van der Waals surface area contributed by atoms with E-state index in [1.807, 2.05) is 60.7 Å². The summed E-state index contributed by atoms with van der Waals surface area (Å²) in [5.41, 5.74) is 5.25. The molecule has 1 heterocycles. The number of rotatable bonds is 10. The van der Waals surface area contributed by atoms with Crippen LogP contribution in [0.4, 0.5) is 0 Å². The molecule has 7 heteroatoms. The molecule has 198 valence electrons. The third-order valence-electron chi connectivity index (χ3n) is 6.61. The lowest BCUT2D eigenvalue weighted by Gasteiger charge is -2.44. The third kappa shape index (κ3) is 6.65. The molecule has 2 N–H and O–H groups in total. The Balaban J connectivity index is 1.73. The molecule has 0 saturated heterocycles. The first kappa shape index (κ1) is 27.9. The normalized spacial score (nSPS) is 17.9. The van der Waals surface area contributed by atoms with E-state index in [1.54, 1.807) is 41.3 Å². The van der Waals surface area contributed by atoms with Gasteiger partial charge in [0.25, 0.3) is 11.8 Å². The van der Waals surface area contributed by atoms with Crippen LogP contribution in [-0.2, 0) is 16.2 Å². The minimum absolute atomic E-state index is 0.184. The van der Waals surface area contributed by atoms with Gasteiger partial charge in [-0.3, -0.25) is 14.4 Å². The summed E-state index contributed by atoms with van der Waals surface area (Å²) in [4.78, 5) is 34.9. The lowest BCUT2D eigenvalue weighted by molar-refractivity contribution is -0.138. The quantitative estimate of drug-likeness (QED) is 0.208. The van der Waals surface area contributed by atoms with Crippen molar-refractivity contribution in [3.63, 3.8) is 0 Å². The van der Waals surface area contributed by atoms with Gasteiger partial charge in [0.05, 0.1) is 31.2 Å². The molecule has 1 aliphatic rings. The number of hydrogen-bond donors (Lipinski definition) is 2. The molecule has 0 radical (unpaired) electrons. The van der Waals surface area contributed by atoms with Gasteiger partial charge in [0.2, 0.25) is 0 Å². The lowest BCUT2D eigenvalue weighted by Crippen LogP contribution is -2.54. The number of fused-ring (bicyclic) bond motifs is 1. The predicted octanol–water partition coefficient (Wildman–Crippen LogP) is 5.28. The number of amides is 2. The highest BCUT2D eigenvalue weighted by molar-refractivity contribution is 6.31. The molecule has 0 fully saturated rings. The molecule has 0 spiro atoms. The number of aliphatic hydroxyl groups is 1. The number of nitrogens with one attached hydrogen (secondary N) is 1. The number of allylic oxidation sites excluding steroid dienone is 3. The SMILES string of the molecule is C#C/C=C(Cl)\C=C/C[C@@H]1[C@@H](C(=O)NOCc2ccccc2)c2ccccc2C(=O)N1[C@H](CO)c1ccccc1. The summed E-state index contributed by atoms with van der Waals surface area (Å²) in [5, 5.41) is 10.8. The molecule has 4 rings (SSSR count). The molecule has 0 unspecified atom stereocenters. The van der Waals surface area contributed by atoms with E-state index < -0.39 is 23.9 Å². The summed E-state index contributed by atoms with van der Waals surface area (Å²) < 4.78 is 0. The Morgan fingerprint density at radius 2 is 1.74 bits per heavy atom. The zero-order chi connectivity index (χ0) is 27.6. The second-order valence-electron chi connectivity index (χ2n) is 9.03. The second-order valence-corrected chi connectivity index (χ2v) is 9.46. The van der Waals surface area contributed by atoms with E-state index in [2.05, 4.69) is 11.4 Å². The highest BCUT2D eigenvalue weighted by Gasteiger charge is 2.45. The molecule has 6 nitrogen and oxygen atoms in total. The van der Waals surface area contributed by atoms with Crippen molar-refractivity contribution in [2.45, 2.75) is 31.0 Å². The molecule has 0 aromatic heterocycles. The van der Waals surface area contributed by atoms with Crippen LogP contribution in [0.25, 0.3) is 0 Å². The van der Waals surface area contributed by atoms with Crippen molar-refractivity contribution in [3.8, 4) is 12.3 Å². The summed E-state index contributed by atoms with van der Waals surface area (Å²) in [7, 11) is 0. The first-order valence-electron chi connectivity index (χ1n) is 12.6. The predicted molar refractivity (Wildman–Crippen MR) is 151 cm³/mol. The molecule has 0 bridgehead atoms. The summed E-state index contributed by atoms with van der Waals surface area (Å²) in [6.45, 7) is -0.140. The van der Waals surface area contributed by atoms with Crippen molar-refractivity contribution < 1.29 is 19.5 Å². The van der Waals surface area contributed by atoms with Crippen LogP contribution in [0.15, 0.2) is 108 Å². The Morgan fingerprint density at radius 3 is 2.44 bits per heavy atom. The molecule has 1 aliphatic heterocycles. The van der Waals surface area contributed by atoms with Crippen LogP contribution >= 0.6 is 11.6 Å². The topological polar surface area (TPSA) is 78.9 Å². The zero-order valence-corrected chi connectivity index (χ0v) is 22.0. The molecule has 2 amide bonds. The van der Waals surface area contributed by atoms with Crippen molar-refractivity contribution in [2.75, 3.05) is 6.61 Å². The Morgan fingerprint density at radius 1 is 1.08 bits per heavy atom. The number of hydroxylamine groups is 1. The molecule has 3 aromatic carbocycles. The molecule has 3 atom stereocenters. The molecule has 39 heavy (non-hydrogen) atoms. The van der Waals surface area contributed by atoms with Crippen LogP contribution in [0.5, 0.6) is 0 Å². The summed E-state index contributed by atoms with van der Waals surface area (Å²) in [5.74, 6) is 0.918. The Hall–Kier alpha value is -4.15. The van der Waals surface area contributed by atoms with Gasteiger partial charge < -0.3 is 10.0 Å². The first-order chi connectivity index (χ1) is 19.0. The van der Waals surface area contributed by atoms with Gasteiger partial charge in [-0.2, -0.15) is 0 Å². The standard InChI is InChI=1S/C32H29ClN2O4/c1-2-12-25(33)17-11-20-28-30(31(37)34-39-22-23-13-5-3-6-14-23)26-18-9-10-19-27(26)32(38)35(28)29(21-36)24-15-7-4-8-16-24/h1,3-19,28-30,36H,20-22H2,(H,34,37)/b17-11-,25-12+/t28-,29-,30+/m1/s1. The van der Waals surface area contributed by atoms with E-state index in [0.29, 0.717) is 16.2 Å². The maximum atomic E-state index is 13.9. The fraction of sp³-hybridized carbons (Fsp3) is 0.188. The van der Waals surface area contributed by atoms with Gasteiger partial charge in [0.15, 0.2) is 0 Å². The van der Waals surface area contributed by atoms with E-state index in [0.717, 1.165) is 11.1 Å². The van der Waals surface area contributed by atoms with Gasteiger partial charge >= 0.3 is 0 Å². The maximum Gasteiger partial charge on any atom is 0.255 e. The number of hydrogen-bond acceptors (Lipinski definition) is 4. The smallest absolute Gasteiger partial charge is 0.255 e. The van der Waals surface area contributed by atoms with Crippen LogP contribution in [-0.4, -0.2) is 34.5 Å². The molecular formula is C32H29ClN2O4. The second kappa shape index (κ2) is 13.6. The van der Waals surface area contributed by atoms with Gasteiger partial charge in [0, 0.05) is 16.7 Å². The number of benzene rings is 3. The number of terminal acetylenes is 1. The average molecular weight is 541 g/mol. The maximum absolute atomic E-state index is 13.9. The third-order valence-corrected chi connectivity index (χ3v) is 6.84. The van der Waals surface area contributed by atoms with Gasteiger partial charge in [-0.25, -0.2) is 5.48 Å². The first-order valence-corrected chi connectivity index (χ1v) is 12.9. The highest BCUT2D eigenvalue weighted by atomic mass is 35.5. The Bertz CT molecular complexity index is 1380. The fourth-order valence-electron chi connectivity index (χ4n) is 4.86. The molecule has 3 aromatic rings. The van der Waals surface area contributed by atoms with Crippen LogP contribution in [0.2, 0.25) is 0 Å². The summed E-state index contributed by atoms with van der Waals surface area (Å²) in [6.07, 6.45) is 10.4. The van der Waals surface area contributed by atoms with E-state index >= 15 is 0 Å². The summed E-state index contributed by atoms with van der Waals surface area (Å²) in [6, 6.07) is 24.5. The minimum atomic E-state index is -0.785. The van der Waals surface area contributed by atoms with Crippen LogP contribution < -0.4 is 5.48 Å².